The van der Waals surface area contributed by atoms with Gasteiger partial charge in [-0.25, -0.2) is 4.79 Å². The fourth-order valence-corrected chi connectivity index (χ4v) is 12.3. The first-order chi connectivity index (χ1) is 30.5. The smallest absolute Gasteiger partial charge is 0.338 e. The lowest BCUT2D eigenvalue weighted by Gasteiger charge is -2.58. The normalized spacial score (nSPS) is 38.8. The first-order valence-electron chi connectivity index (χ1n) is 23.4. The zero-order chi connectivity index (χ0) is 46.9. The van der Waals surface area contributed by atoms with Gasteiger partial charge in [0.2, 0.25) is 0 Å². The highest BCUT2D eigenvalue weighted by atomic mass is 16.7. The second kappa shape index (κ2) is 23.1. The van der Waals surface area contributed by atoms with Crippen LogP contribution in [0.1, 0.15) is 116 Å². The molecule has 2 saturated heterocycles. The average Bonchev–Trinajstić information content (AvgIpc) is 3.56. The number of aliphatic carboxylic acids is 1. The highest BCUT2D eigenvalue weighted by Crippen LogP contribution is 2.68. The quantitative estimate of drug-likeness (QED) is 0.0791. The lowest BCUT2D eigenvalue weighted by Crippen LogP contribution is -2.58. The molecule has 16 nitrogen and oxygen atoms in total. The first kappa shape index (κ1) is 51.9. The number of carboxylic acid groups (broad SMARTS) is 1. The van der Waals surface area contributed by atoms with Crippen molar-refractivity contribution in [1.82, 2.24) is 0 Å². The van der Waals surface area contributed by atoms with E-state index in [9.17, 15) is 25.2 Å². The lowest BCUT2D eigenvalue weighted by atomic mass is 9.47. The number of carboxylic acids is 1. The number of esters is 1. The third-order valence-corrected chi connectivity index (χ3v) is 15.5. The highest BCUT2D eigenvalue weighted by Gasteiger charge is 2.62. The number of hydrogen-bond donors (Lipinski definition) is 7. The molecule has 4 aliphatic carbocycles. The Morgan fingerprint density at radius 3 is 2.30 bits per heavy atom. The fourth-order valence-electron chi connectivity index (χ4n) is 12.3. The molecule has 2 aliphatic heterocycles. The predicted octanol–water partition coefficient (Wildman–Crippen LogP) is 4.05. The topological polar surface area (TPSA) is 255 Å². The van der Waals surface area contributed by atoms with E-state index in [-0.39, 0.29) is 48.2 Å². The first-order valence-corrected chi connectivity index (χ1v) is 23.4. The molecule has 7 rings (SSSR count). The summed E-state index contributed by atoms with van der Waals surface area (Å²) < 4.78 is 36.3. The van der Waals surface area contributed by atoms with Gasteiger partial charge in [-0.15, -0.1) is 0 Å². The van der Waals surface area contributed by atoms with Crippen LogP contribution < -0.4 is 16.0 Å². The molecule has 64 heavy (non-hydrogen) atoms. The van der Waals surface area contributed by atoms with E-state index in [4.69, 9.17) is 43.9 Å². The van der Waals surface area contributed by atoms with Crippen LogP contribution in [0, 0.1) is 46.3 Å². The van der Waals surface area contributed by atoms with Gasteiger partial charge in [-0.1, -0.05) is 52.2 Å². The zero-order valence-corrected chi connectivity index (χ0v) is 39.1. The summed E-state index contributed by atoms with van der Waals surface area (Å²) >= 11 is 0. The van der Waals surface area contributed by atoms with E-state index < -0.39 is 55.0 Å². The number of hydrogen-bond acceptors (Lipinski definition) is 14. The Morgan fingerprint density at radius 2 is 1.62 bits per heavy atom. The molecule has 6 aliphatic rings. The minimum absolute atomic E-state index is 0.0241. The Labute approximate surface area is 379 Å². The minimum Gasteiger partial charge on any atom is -0.497 e. The van der Waals surface area contributed by atoms with Crippen LogP contribution in [-0.4, -0.2) is 127 Å². The van der Waals surface area contributed by atoms with E-state index in [2.05, 4.69) is 44.6 Å². The van der Waals surface area contributed by atoms with Crippen molar-refractivity contribution in [2.45, 2.75) is 161 Å². The Bertz CT molecular complexity index is 1700. The number of methoxy groups -OCH3 is 1. The number of benzene rings is 1. The number of nitrogens with two attached hydrogens (primary N) is 2. The third-order valence-electron chi connectivity index (χ3n) is 15.5. The second-order valence-electron chi connectivity index (χ2n) is 19.6. The van der Waals surface area contributed by atoms with Crippen LogP contribution in [0.4, 0.5) is 0 Å². The maximum absolute atomic E-state index is 13.2. The van der Waals surface area contributed by atoms with Crippen LogP contribution in [0.15, 0.2) is 41.0 Å². The van der Waals surface area contributed by atoms with Crippen LogP contribution in [0.5, 0.6) is 5.75 Å². The molecule has 0 spiro atoms. The van der Waals surface area contributed by atoms with Crippen LogP contribution >= 0.6 is 0 Å². The van der Waals surface area contributed by atoms with Crippen LogP contribution in [0.25, 0.3) is 0 Å². The SMILES string of the molecule is CC(=O)O.CN.COc1ccc(C(=O)O[C@H]2C(OC3CC(OC4CC5C6CC=C7CC(O)CCC7(C)C6CCC5(C)C4[C@H](C)CCCC(C)CN=[NH2+])OCC3O)OC[C@@H](O)C2O)cc1. The molecule has 17 atom stereocenters. The Morgan fingerprint density at radius 1 is 0.938 bits per heavy atom. The fraction of sp³-hybridized carbons (Fsp3) is 0.792. The highest BCUT2D eigenvalue weighted by molar-refractivity contribution is 5.89. The van der Waals surface area contributed by atoms with Gasteiger partial charge in [0, 0.05) is 13.3 Å². The number of fused-ring (bicyclic) bond motifs is 5. The van der Waals surface area contributed by atoms with E-state index >= 15 is 0 Å². The Hall–Kier alpha value is -3.06. The number of allylic oxidation sites excluding steroid dienone is 1. The molecule has 14 unspecified atom stereocenters. The summed E-state index contributed by atoms with van der Waals surface area (Å²) in [5.74, 6) is 1.76. The van der Waals surface area contributed by atoms with Gasteiger partial charge in [-0.3, -0.25) is 4.79 Å². The summed E-state index contributed by atoms with van der Waals surface area (Å²) in [6, 6.07) is 6.34. The van der Waals surface area contributed by atoms with Gasteiger partial charge in [-0.05, 0) is 134 Å². The molecule has 1 aromatic carbocycles. The summed E-state index contributed by atoms with van der Waals surface area (Å²) in [5.41, 5.74) is 11.9. The molecule has 9 N–H and O–H groups in total. The molecule has 5 fully saturated rings. The van der Waals surface area contributed by atoms with Gasteiger partial charge in [-0.2, -0.15) is 5.53 Å². The van der Waals surface area contributed by atoms with Gasteiger partial charge in [0.1, 0.15) is 30.6 Å². The molecule has 362 valence electrons. The maximum atomic E-state index is 13.2. The Balaban J connectivity index is 0.00000122. The Kier molecular flexibility index (Phi) is 18.7. The van der Waals surface area contributed by atoms with Crippen molar-refractivity contribution in [3.8, 4) is 5.75 Å². The maximum Gasteiger partial charge on any atom is 0.338 e. The number of aliphatic hydroxyl groups excluding tert-OH is 4. The molecule has 2 heterocycles. The molecule has 16 heteroatoms. The largest absolute Gasteiger partial charge is 0.497 e. The third kappa shape index (κ3) is 11.9. The summed E-state index contributed by atoms with van der Waals surface area (Å²) in [6.45, 7) is 11.1. The molecule has 0 bridgehead atoms. The van der Waals surface area contributed by atoms with Crippen molar-refractivity contribution in [3.63, 3.8) is 0 Å². The van der Waals surface area contributed by atoms with E-state index in [1.807, 2.05) is 0 Å². The van der Waals surface area contributed by atoms with Gasteiger partial charge in [0.05, 0.1) is 44.2 Å². The van der Waals surface area contributed by atoms with E-state index in [0.29, 0.717) is 47.8 Å². The van der Waals surface area contributed by atoms with Gasteiger partial charge in [0.15, 0.2) is 18.7 Å². The number of nitrogens with zero attached hydrogens (tertiary/aromatic N) is 1. The molecule has 0 radical (unpaired) electrons. The predicted molar refractivity (Wildman–Crippen MR) is 235 cm³/mol. The summed E-state index contributed by atoms with van der Waals surface area (Å²) in [5, 5.41) is 54.5. The number of rotatable bonds is 14. The van der Waals surface area contributed by atoms with Crippen LogP contribution in [-0.2, 0) is 28.5 Å². The van der Waals surface area contributed by atoms with Crippen molar-refractivity contribution < 1.29 is 69.1 Å². The number of carbonyl (C=O) groups is 2. The molecular formula is C48H78N3O13+. The number of carbonyl (C=O) groups excluding carboxylic acids is 1. The van der Waals surface area contributed by atoms with Gasteiger partial charge >= 0.3 is 5.97 Å². The summed E-state index contributed by atoms with van der Waals surface area (Å²) in [6.07, 6.45) is 4.76. The zero-order valence-electron chi connectivity index (χ0n) is 39.1. The van der Waals surface area contributed by atoms with Crippen molar-refractivity contribution in [2.75, 3.05) is 33.9 Å². The molecule has 3 saturated carbocycles. The number of ether oxygens (including phenoxy) is 6. The molecule has 0 amide bonds. The van der Waals surface area contributed by atoms with Gasteiger partial charge in [0.25, 0.3) is 5.97 Å². The lowest BCUT2D eigenvalue weighted by molar-refractivity contribution is -0.313. The van der Waals surface area contributed by atoms with E-state index in [1.165, 1.54) is 26.2 Å². The average molecular weight is 905 g/mol. The number of aliphatic hydroxyl groups is 4. The second-order valence-corrected chi connectivity index (χ2v) is 19.6. The molecule has 1 aromatic rings. The minimum atomic E-state index is -1.47. The van der Waals surface area contributed by atoms with Crippen molar-refractivity contribution in [1.29, 1.82) is 0 Å². The summed E-state index contributed by atoms with van der Waals surface area (Å²) in [4.78, 5) is 22.2. The van der Waals surface area contributed by atoms with Crippen LogP contribution in [0.3, 0.4) is 0 Å². The van der Waals surface area contributed by atoms with Gasteiger partial charge < -0.3 is 59.7 Å². The van der Waals surface area contributed by atoms with E-state index in [0.717, 1.165) is 64.7 Å². The van der Waals surface area contributed by atoms with Crippen LogP contribution in [0.2, 0.25) is 0 Å². The standard InChI is InChI=1S/C45H68N2O11.C2H4O2.CH5N/c1-25(22-47-46)7-6-8-26(2)39-37(20-33-31-14-11-28-19-29(48)15-17-44(28,3)32(31)16-18-45(33,39)4)56-38-21-36(34(49)23-54-38)57-43-41(40(51)35(50)24-55-43)58-42(52)27-9-12-30(53-5)13-10-27;1-2(3)4;1-2/h9-13,25-26,29,31-41,43,46,48-51H,6-8,14-24H2,1-5H3;1H3,(H,3,4);2H2,1H3/p+1/t25?,26-,29?,31?,32?,33?,34?,35-,36?,37?,38?,39?,40?,41-,43?,44?,45?;;/m1../s1. The monoisotopic (exact) mass is 905 g/mol. The van der Waals surface area contributed by atoms with Crippen molar-refractivity contribution in [3.05, 3.63) is 41.5 Å². The summed E-state index contributed by atoms with van der Waals surface area (Å²) in [7, 11) is 3.03. The van der Waals surface area contributed by atoms with Crippen molar-refractivity contribution in [2.24, 2.45) is 57.2 Å². The molecule has 0 aromatic heterocycles. The molecular weight excluding hydrogens is 827 g/mol. The van der Waals surface area contributed by atoms with Crippen molar-refractivity contribution >= 4 is 11.9 Å². The van der Waals surface area contributed by atoms with E-state index in [1.54, 1.807) is 24.3 Å².